The first-order chi connectivity index (χ1) is 14.3. The van der Waals surface area contributed by atoms with Crippen LogP contribution in [0, 0.1) is 0 Å². The lowest BCUT2D eigenvalue weighted by molar-refractivity contribution is -0.693. The van der Waals surface area contributed by atoms with Crippen LogP contribution in [0.25, 0.3) is 0 Å². The fourth-order valence-corrected chi connectivity index (χ4v) is 1.80. The SMILES string of the molecule is CC[n+]1ccn(C)c1.FC(F)C(F)(F)C(F)(F)C(F)(F)C(F)(F)C(F)(F)C(F)(F)C(F)(F)F. The minimum atomic E-state index is -8.54. The number of aromatic nitrogens is 2. The van der Waals surface area contributed by atoms with Gasteiger partial charge in [0.1, 0.15) is 12.4 Å². The predicted molar refractivity (Wildman–Crippen MR) is 73.0 cm³/mol. The molecule has 0 aliphatic rings. The lowest BCUT2D eigenvalue weighted by atomic mass is 9.91. The highest BCUT2D eigenvalue weighted by atomic mass is 19.4. The molecule has 0 aliphatic carbocycles. The maximum absolute atomic E-state index is 12.8. The molecule has 0 unspecified atom stereocenters. The van der Waals surface area contributed by atoms with Crippen LogP contribution in [0.4, 0.5) is 74.6 Å². The molecular formula is C14H12F17N2+. The van der Waals surface area contributed by atoms with Crippen LogP contribution in [0.1, 0.15) is 6.92 Å². The summed E-state index contributed by atoms with van der Waals surface area (Å²) in [5.41, 5.74) is 0. The first kappa shape index (κ1) is 31.0. The molecule has 0 fully saturated rings. The van der Waals surface area contributed by atoms with E-state index in [1.165, 1.54) is 0 Å². The molecule has 0 aromatic carbocycles. The van der Waals surface area contributed by atoms with Crippen LogP contribution >= 0.6 is 0 Å². The molecule has 19 heteroatoms. The Morgan fingerprint density at radius 1 is 0.667 bits per heavy atom. The Kier molecular flexibility index (Phi) is 8.45. The average molecular weight is 531 g/mol. The van der Waals surface area contributed by atoms with Gasteiger partial charge >= 0.3 is 48.1 Å². The number of alkyl halides is 17. The Balaban J connectivity index is 0.00000106. The van der Waals surface area contributed by atoms with Crippen molar-refractivity contribution in [3.8, 4) is 0 Å². The summed E-state index contributed by atoms with van der Waals surface area (Å²) in [4.78, 5) is 0. The van der Waals surface area contributed by atoms with Crippen LogP contribution in [0.3, 0.4) is 0 Å². The van der Waals surface area contributed by atoms with E-state index in [1.54, 1.807) is 0 Å². The zero-order chi connectivity index (χ0) is 27.1. The highest BCUT2D eigenvalue weighted by molar-refractivity contribution is 5.13. The monoisotopic (exact) mass is 531 g/mol. The summed E-state index contributed by atoms with van der Waals surface area (Å²) in [5, 5.41) is 0. The first-order valence-electron chi connectivity index (χ1n) is 7.90. The molecule has 0 saturated carbocycles. The zero-order valence-corrected chi connectivity index (χ0v) is 15.8. The van der Waals surface area contributed by atoms with E-state index in [1.807, 2.05) is 17.8 Å². The van der Waals surface area contributed by atoms with Crippen molar-refractivity contribution in [2.45, 2.75) is 61.6 Å². The van der Waals surface area contributed by atoms with Gasteiger partial charge in [-0.05, 0) is 6.92 Å². The Bertz CT molecular complexity index is 777. The summed E-state index contributed by atoms with van der Waals surface area (Å²) in [6.45, 7) is 3.18. The lowest BCUT2D eigenvalue weighted by Gasteiger charge is -2.41. The maximum Gasteiger partial charge on any atom is 0.460 e. The molecule has 0 bridgehead atoms. The fraction of sp³-hybridized carbons (Fsp3) is 0.786. The van der Waals surface area contributed by atoms with Gasteiger partial charge < -0.3 is 0 Å². The minimum Gasteiger partial charge on any atom is -0.240 e. The van der Waals surface area contributed by atoms with Crippen molar-refractivity contribution in [1.29, 1.82) is 0 Å². The van der Waals surface area contributed by atoms with Gasteiger partial charge in [0.05, 0.1) is 13.6 Å². The van der Waals surface area contributed by atoms with E-state index in [2.05, 4.69) is 24.0 Å². The molecule has 0 spiro atoms. The Morgan fingerprint density at radius 3 is 1.27 bits per heavy atom. The van der Waals surface area contributed by atoms with Crippen LogP contribution < -0.4 is 4.57 Å². The van der Waals surface area contributed by atoms with E-state index in [9.17, 15) is 74.6 Å². The van der Waals surface area contributed by atoms with E-state index in [4.69, 9.17) is 0 Å². The van der Waals surface area contributed by atoms with E-state index in [-0.39, 0.29) is 0 Å². The molecule has 0 amide bonds. The number of imidazole rings is 1. The predicted octanol–water partition coefficient (Wildman–Crippen LogP) is 5.96. The van der Waals surface area contributed by atoms with Gasteiger partial charge in [-0.15, -0.1) is 0 Å². The van der Waals surface area contributed by atoms with Crippen molar-refractivity contribution in [3.63, 3.8) is 0 Å². The van der Waals surface area contributed by atoms with Gasteiger partial charge in [0.2, 0.25) is 6.33 Å². The van der Waals surface area contributed by atoms with E-state index >= 15 is 0 Å². The van der Waals surface area contributed by atoms with Gasteiger partial charge in [-0.1, -0.05) is 0 Å². The molecule has 1 rings (SSSR count). The highest BCUT2D eigenvalue weighted by Crippen LogP contribution is 2.62. The largest absolute Gasteiger partial charge is 0.460 e. The molecule has 33 heavy (non-hydrogen) atoms. The molecule has 0 aliphatic heterocycles. The van der Waals surface area contributed by atoms with Crippen molar-refractivity contribution < 1.29 is 79.2 Å². The van der Waals surface area contributed by atoms with Crippen LogP contribution in [0.5, 0.6) is 0 Å². The molecule has 196 valence electrons. The molecule has 2 nitrogen and oxygen atoms in total. The van der Waals surface area contributed by atoms with Crippen molar-refractivity contribution in [2.75, 3.05) is 0 Å². The number of hydrogen-bond acceptors (Lipinski definition) is 0. The lowest BCUT2D eigenvalue weighted by Crippen LogP contribution is -2.73. The molecule has 1 aromatic heterocycles. The van der Waals surface area contributed by atoms with E-state index in [0.29, 0.717) is 0 Å². The third-order valence-electron chi connectivity index (χ3n) is 3.81. The van der Waals surface area contributed by atoms with Crippen molar-refractivity contribution in [1.82, 2.24) is 4.57 Å². The second-order valence-corrected chi connectivity index (χ2v) is 6.20. The molecule has 0 saturated heterocycles. The van der Waals surface area contributed by atoms with Gasteiger partial charge in [0, 0.05) is 0 Å². The molecular weight excluding hydrogens is 519 g/mol. The standard InChI is InChI=1S/C8HF17.C6H11N2/c9-1(10)2(11,12)3(13,14)4(15,16)5(17,18)6(19,20)7(21,22)8(23,24)25;1-3-8-5-4-7(2)6-8/h1H;4-6H,3H2,1-2H3/q;+1. The molecule has 1 aromatic rings. The summed E-state index contributed by atoms with van der Waals surface area (Å²) in [6, 6.07) is 0. The van der Waals surface area contributed by atoms with Crippen LogP contribution in [-0.2, 0) is 13.6 Å². The van der Waals surface area contributed by atoms with Crippen LogP contribution in [0.15, 0.2) is 18.7 Å². The number of halogens is 17. The first-order valence-corrected chi connectivity index (χ1v) is 7.90. The summed E-state index contributed by atoms with van der Waals surface area (Å²) >= 11 is 0. The summed E-state index contributed by atoms with van der Waals surface area (Å²) in [5.74, 6) is -49.2. The average Bonchev–Trinajstić information content (AvgIpc) is 3.05. The second-order valence-electron chi connectivity index (χ2n) is 6.20. The number of hydrogen-bond donors (Lipinski definition) is 0. The van der Waals surface area contributed by atoms with Gasteiger partial charge in [-0.3, -0.25) is 0 Å². The van der Waals surface area contributed by atoms with Crippen molar-refractivity contribution >= 4 is 0 Å². The van der Waals surface area contributed by atoms with E-state index in [0.717, 1.165) is 6.54 Å². The Hall–Kier alpha value is -1.98. The fourth-order valence-electron chi connectivity index (χ4n) is 1.80. The molecule has 0 N–H and O–H groups in total. The normalized spacial score (nSPS) is 14.9. The molecule has 1 heterocycles. The smallest absolute Gasteiger partial charge is 0.240 e. The van der Waals surface area contributed by atoms with Gasteiger partial charge in [0.25, 0.3) is 0 Å². The third kappa shape index (κ3) is 4.95. The van der Waals surface area contributed by atoms with Gasteiger partial charge in [-0.2, -0.15) is 65.9 Å². The van der Waals surface area contributed by atoms with Crippen molar-refractivity contribution in [2.24, 2.45) is 7.05 Å². The van der Waals surface area contributed by atoms with Crippen molar-refractivity contribution in [3.05, 3.63) is 18.7 Å². The summed E-state index contributed by atoms with van der Waals surface area (Å²) in [7, 11) is 2.02. The maximum atomic E-state index is 12.8. The Morgan fingerprint density at radius 2 is 1.03 bits per heavy atom. The van der Waals surface area contributed by atoms with Crippen LogP contribution in [0.2, 0.25) is 0 Å². The summed E-state index contributed by atoms with van der Waals surface area (Å²) in [6.07, 6.45) is -7.49. The second kappa shape index (κ2) is 8.99. The van der Waals surface area contributed by atoms with Crippen LogP contribution in [-0.4, -0.2) is 52.7 Å². The summed E-state index contributed by atoms with van der Waals surface area (Å²) < 4.78 is 213. The number of rotatable bonds is 7. The topological polar surface area (TPSA) is 8.81 Å². The number of aryl methyl sites for hydroxylation is 2. The zero-order valence-electron chi connectivity index (χ0n) is 15.8. The van der Waals surface area contributed by atoms with E-state index < -0.39 is 48.1 Å². The third-order valence-corrected chi connectivity index (χ3v) is 3.81. The molecule has 0 atom stereocenters. The Labute approximate surface area is 172 Å². The highest BCUT2D eigenvalue weighted by Gasteiger charge is 2.94. The van der Waals surface area contributed by atoms with Gasteiger partial charge in [0.15, 0.2) is 0 Å². The number of nitrogens with zero attached hydrogens (tertiary/aromatic N) is 2. The van der Waals surface area contributed by atoms with Gasteiger partial charge in [-0.25, -0.2) is 17.9 Å². The quantitative estimate of drug-likeness (QED) is 0.304. The minimum absolute atomic E-state index is 1.06. The molecule has 0 radical (unpaired) electrons.